The molecular formula is C23H21ClFNO3. The van der Waals surface area contributed by atoms with Crippen LogP contribution >= 0.6 is 11.6 Å². The summed E-state index contributed by atoms with van der Waals surface area (Å²) in [5.74, 6) is -2.28. The van der Waals surface area contributed by atoms with Crippen LogP contribution in [-0.2, 0) is 14.3 Å². The van der Waals surface area contributed by atoms with Gasteiger partial charge in [-0.15, -0.1) is 0 Å². The lowest BCUT2D eigenvalue weighted by molar-refractivity contribution is -0.143. The maximum atomic E-state index is 14.3. The van der Waals surface area contributed by atoms with Gasteiger partial charge in [0.25, 0.3) is 0 Å². The van der Waals surface area contributed by atoms with E-state index in [1.54, 1.807) is 30.3 Å². The van der Waals surface area contributed by atoms with Crippen molar-refractivity contribution in [3.05, 3.63) is 88.7 Å². The summed E-state index contributed by atoms with van der Waals surface area (Å²) in [6, 6.07) is 13.1. The van der Waals surface area contributed by atoms with E-state index < -0.39 is 17.7 Å². The van der Waals surface area contributed by atoms with Crippen LogP contribution in [-0.4, -0.2) is 25.0 Å². The summed E-state index contributed by atoms with van der Waals surface area (Å²) in [6.45, 7) is 0. The van der Waals surface area contributed by atoms with Gasteiger partial charge in [-0.2, -0.15) is 0 Å². The highest BCUT2D eigenvalue weighted by Crippen LogP contribution is 2.35. The van der Waals surface area contributed by atoms with Crippen LogP contribution in [0.4, 0.5) is 4.39 Å². The standard InChI is InChI=1S/C23H21ClFNO3/c1-29-23(28)22(18-7-3-5-9-20(18)25)16-10-12-17(14-16)26-21(27)13-11-15-6-2-4-8-19(15)24/h2-13,16-17,22H,14H2,1H3,(H,26,27)/b13-11+. The molecule has 0 fully saturated rings. The van der Waals surface area contributed by atoms with Gasteiger partial charge in [-0.25, -0.2) is 4.39 Å². The Kier molecular flexibility index (Phi) is 6.83. The fourth-order valence-electron chi connectivity index (χ4n) is 3.47. The first-order chi connectivity index (χ1) is 14.0. The molecule has 0 saturated carbocycles. The van der Waals surface area contributed by atoms with E-state index in [0.717, 1.165) is 5.56 Å². The number of rotatable bonds is 6. The zero-order valence-electron chi connectivity index (χ0n) is 15.8. The quantitative estimate of drug-likeness (QED) is 0.430. The Bertz CT molecular complexity index is 957. The number of benzene rings is 2. The van der Waals surface area contributed by atoms with Crippen molar-refractivity contribution in [2.24, 2.45) is 5.92 Å². The van der Waals surface area contributed by atoms with Crippen LogP contribution in [0.3, 0.4) is 0 Å². The Morgan fingerprint density at radius 2 is 1.90 bits per heavy atom. The Hall–Kier alpha value is -2.92. The second-order valence-corrected chi connectivity index (χ2v) is 7.18. The van der Waals surface area contributed by atoms with Gasteiger partial charge in [0.15, 0.2) is 0 Å². The Morgan fingerprint density at radius 3 is 2.62 bits per heavy atom. The van der Waals surface area contributed by atoms with Crippen LogP contribution < -0.4 is 5.32 Å². The van der Waals surface area contributed by atoms with Crippen molar-refractivity contribution in [2.75, 3.05) is 7.11 Å². The molecule has 0 spiro atoms. The van der Waals surface area contributed by atoms with Crippen LogP contribution in [0.5, 0.6) is 0 Å². The number of halogens is 2. The summed E-state index contributed by atoms with van der Waals surface area (Å²) in [6.07, 6.45) is 7.18. The SMILES string of the molecule is COC(=O)C(c1ccccc1F)C1C=CC(NC(=O)/C=C/c2ccccc2Cl)C1. The molecular weight excluding hydrogens is 393 g/mol. The van der Waals surface area contributed by atoms with Crippen LogP contribution in [0, 0.1) is 11.7 Å². The molecule has 1 aliphatic rings. The smallest absolute Gasteiger partial charge is 0.313 e. The Morgan fingerprint density at radius 1 is 1.17 bits per heavy atom. The molecule has 1 N–H and O–H groups in total. The first-order valence-corrected chi connectivity index (χ1v) is 9.61. The fourth-order valence-corrected chi connectivity index (χ4v) is 3.67. The molecule has 2 aromatic carbocycles. The van der Waals surface area contributed by atoms with Gasteiger partial charge in [-0.3, -0.25) is 9.59 Å². The first kappa shape index (κ1) is 20.8. The summed E-state index contributed by atoms with van der Waals surface area (Å²) in [5.41, 5.74) is 1.04. The molecule has 0 bridgehead atoms. The minimum atomic E-state index is -0.766. The average molecular weight is 414 g/mol. The van der Waals surface area contributed by atoms with Crippen LogP contribution in [0.15, 0.2) is 66.8 Å². The average Bonchev–Trinajstić information content (AvgIpc) is 3.16. The zero-order chi connectivity index (χ0) is 20.8. The molecule has 3 atom stereocenters. The molecule has 0 heterocycles. The molecule has 3 unspecified atom stereocenters. The van der Waals surface area contributed by atoms with Crippen molar-refractivity contribution in [1.29, 1.82) is 0 Å². The fraction of sp³-hybridized carbons (Fsp3) is 0.217. The number of hydrogen-bond donors (Lipinski definition) is 1. The van der Waals surface area contributed by atoms with E-state index in [9.17, 15) is 14.0 Å². The molecule has 6 heteroatoms. The highest BCUT2D eigenvalue weighted by atomic mass is 35.5. The number of ether oxygens (including phenoxy) is 1. The van der Waals surface area contributed by atoms with Crippen molar-refractivity contribution in [1.82, 2.24) is 5.32 Å². The van der Waals surface area contributed by atoms with Crippen molar-refractivity contribution in [3.8, 4) is 0 Å². The zero-order valence-corrected chi connectivity index (χ0v) is 16.6. The normalized spacial score (nSPS) is 19.3. The summed E-state index contributed by atoms with van der Waals surface area (Å²) < 4.78 is 19.2. The second kappa shape index (κ2) is 9.52. The van der Waals surface area contributed by atoms with Crippen LogP contribution in [0.1, 0.15) is 23.5 Å². The molecule has 0 aliphatic heterocycles. The van der Waals surface area contributed by atoms with Gasteiger partial charge in [0.1, 0.15) is 5.82 Å². The number of hydrogen-bond acceptors (Lipinski definition) is 3. The molecule has 150 valence electrons. The molecule has 1 amide bonds. The molecule has 0 aromatic heterocycles. The van der Waals surface area contributed by atoms with E-state index in [1.165, 1.54) is 19.3 Å². The van der Waals surface area contributed by atoms with Gasteiger partial charge in [0, 0.05) is 22.7 Å². The molecule has 3 rings (SSSR count). The minimum Gasteiger partial charge on any atom is -0.469 e. The van der Waals surface area contributed by atoms with E-state index in [2.05, 4.69) is 5.32 Å². The lowest BCUT2D eigenvalue weighted by Crippen LogP contribution is -2.32. The topological polar surface area (TPSA) is 55.4 Å². The van der Waals surface area contributed by atoms with Gasteiger partial charge in [0.2, 0.25) is 5.91 Å². The van der Waals surface area contributed by atoms with E-state index in [-0.39, 0.29) is 17.9 Å². The largest absolute Gasteiger partial charge is 0.469 e. The maximum Gasteiger partial charge on any atom is 0.313 e. The van der Waals surface area contributed by atoms with Crippen molar-refractivity contribution in [2.45, 2.75) is 18.4 Å². The number of methoxy groups -OCH3 is 1. The first-order valence-electron chi connectivity index (χ1n) is 9.23. The Labute approximate surface area is 174 Å². The molecule has 2 aromatic rings. The van der Waals surface area contributed by atoms with E-state index in [0.29, 0.717) is 17.0 Å². The highest BCUT2D eigenvalue weighted by Gasteiger charge is 2.35. The van der Waals surface area contributed by atoms with E-state index in [1.807, 2.05) is 30.4 Å². The third-order valence-corrected chi connectivity index (χ3v) is 5.23. The minimum absolute atomic E-state index is 0.262. The van der Waals surface area contributed by atoms with Crippen molar-refractivity contribution < 1.29 is 18.7 Å². The van der Waals surface area contributed by atoms with Crippen LogP contribution in [0.25, 0.3) is 6.08 Å². The van der Waals surface area contributed by atoms with Crippen molar-refractivity contribution in [3.63, 3.8) is 0 Å². The summed E-state index contributed by atoms with van der Waals surface area (Å²) in [4.78, 5) is 24.6. The molecule has 0 saturated heterocycles. The summed E-state index contributed by atoms with van der Waals surface area (Å²) in [5, 5.41) is 3.43. The van der Waals surface area contributed by atoms with Gasteiger partial charge >= 0.3 is 5.97 Å². The summed E-state index contributed by atoms with van der Waals surface area (Å²) >= 11 is 6.08. The third-order valence-electron chi connectivity index (χ3n) is 4.89. The highest BCUT2D eigenvalue weighted by molar-refractivity contribution is 6.32. The number of amides is 1. The van der Waals surface area contributed by atoms with Gasteiger partial charge in [-0.1, -0.05) is 60.2 Å². The van der Waals surface area contributed by atoms with Crippen molar-refractivity contribution >= 4 is 29.6 Å². The lowest BCUT2D eigenvalue weighted by atomic mass is 9.85. The number of esters is 1. The van der Waals surface area contributed by atoms with Gasteiger partial charge in [0.05, 0.1) is 13.0 Å². The number of carbonyl (C=O) groups excluding carboxylic acids is 2. The second-order valence-electron chi connectivity index (χ2n) is 6.78. The van der Waals surface area contributed by atoms with E-state index in [4.69, 9.17) is 16.3 Å². The molecule has 0 radical (unpaired) electrons. The monoisotopic (exact) mass is 413 g/mol. The third kappa shape index (κ3) is 5.12. The van der Waals surface area contributed by atoms with Gasteiger partial charge < -0.3 is 10.1 Å². The molecule has 4 nitrogen and oxygen atoms in total. The maximum absolute atomic E-state index is 14.3. The van der Waals surface area contributed by atoms with Crippen LogP contribution in [0.2, 0.25) is 5.02 Å². The number of nitrogens with one attached hydrogen (secondary N) is 1. The number of allylic oxidation sites excluding steroid dienone is 1. The van der Waals surface area contributed by atoms with Gasteiger partial charge in [-0.05, 0) is 36.1 Å². The van der Waals surface area contributed by atoms with E-state index >= 15 is 0 Å². The predicted octanol–water partition coefficient (Wildman–Crippen LogP) is 4.51. The predicted molar refractivity (Wildman–Crippen MR) is 111 cm³/mol. The summed E-state index contributed by atoms with van der Waals surface area (Å²) in [7, 11) is 1.29. The number of carbonyl (C=O) groups is 2. The molecule has 1 aliphatic carbocycles. The Balaban J connectivity index is 1.66. The molecule has 29 heavy (non-hydrogen) atoms. The lowest BCUT2D eigenvalue weighted by Gasteiger charge is -2.22.